The van der Waals surface area contributed by atoms with Gasteiger partial charge >= 0.3 is 0 Å². The number of hydrogen-bond acceptors (Lipinski definition) is 6. The van der Waals surface area contributed by atoms with Crippen LogP contribution in [0.4, 0.5) is 0 Å². The van der Waals surface area contributed by atoms with E-state index in [2.05, 4.69) is 6.92 Å². The predicted molar refractivity (Wildman–Crippen MR) is 84.9 cm³/mol. The zero-order chi connectivity index (χ0) is 14.0. The van der Waals surface area contributed by atoms with Crippen molar-refractivity contribution in [3.8, 4) is 0 Å². The third kappa shape index (κ3) is 8.74. The summed E-state index contributed by atoms with van der Waals surface area (Å²) in [4.78, 5) is 0. The summed E-state index contributed by atoms with van der Waals surface area (Å²) >= 11 is 4.01. The molecular formula is C14H26O4S2. The maximum atomic E-state index is 5.72. The van der Waals surface area contributed by atoms with E-state index in [-0.39, 0.29) is 0 Å². The normalized spacial score (nSPS) is 25.6. The molecule has 0 N–H and O–H groups in total. The predicted octanol–water partition coefficient (Wildman–Crippen LogP) is 1.92. The number of thioether (sulfide) groups is 2. The van der Waals surface area contributed by atoms with Crippen molar-refractivity contribution in [3.05, 3.63) is 0 Å². The number of epoxide rings is 2. The molecule has 0 bridgehead atoms. The highest BCUT2D eigenvalue weighted by atomic mass is 32.2. The Balaban J connectivity index is 1.50. The van der Waals surface area contributed by atoms with E-state index in [9.17, 15) is 0 Å². The maximum absolute atomic E-state index is 5.72. The molecule has 6 heteroatoms. The van der Waals surface area contributed by atoms with Crippen LogP contribution in [0.1, 0.15) is 6.92 Å². The molecule has 2 aliphatic heterocycles. The van der Waals surface area contributed by atoms with Crippen LogP contribution in [0.15, 0.2) is 0 Å². The van der Waals surface area contributed by atoms with Gasteiger partial charge in [0.2, 0.25) is 0 Å². The van der Waals surface area contributed by atoms with Crippen molar-refractivity contribution in [2.24, 2.45) is 5.92 Å². The van der Waals surface area contributed by atoms with Gasteiger partial charge in [-0.3, -0.25) is 0 Å². The molecule has 0 radical (unpaired) electrons. The molecule has 0 aromatic heterocycles. The molecule has 2 heterocycles. The van der Waals surface area contributed by atoms with Crippen molar-refractivity contribution in [2.75, 3.05) is 62.7 Å². The maximum Gasteiger partial charge on any atom is 0.104 e. The highest BCUT2D eigenvalue weighted by molar-refractivity contribution is 8.02. The summed E-state index contributed by atoms with van der Waals surface area (Å²) in [5, 5.41) is 0. The highest BCUT2D eigenvalue weighted by Gasteiger charge is 2.24. The summed E-state index contributed by atoms with van der Waals surface area (Å²) in [5.41, 5.74) is 0. The van der Waals surface area contributed by atoms with Crippen molar-refractivity contribution in [2.45, 2.75) is 19.1 Å². The molecule has 118 valence electrons. The van der Waals surface area contributed by atoms with E-state index in [4.69, 9.17) is 18.9 Å². The van der Waals surface area contributed by atoms with Crippen LogP contribution < -0.4 is 0 Å². The Morgan fingerprint density at radius 1 is 1.00 bits per heavy atom. The van der Waals surface area contributed by atoms with Gasteiger partial charge in [-0.1, -0.05) is 6.92 Å². The lowest BCUT2D eigenvalue weighted by Gasteiger charge is -2.16. The third-order valence-corrected chi connectivity index (χ3v) is 5.41. The molecule has 0 aromatic rings. The van der Waals surface area contributed by atoms with Gasteiger partial charge in [0.05, 0.1) is 39.6 Å². The van der Waals surface area contributed by atoms with Crippen LogP contribution in [0.25, 0.3) is 0 Å². The largest absolute Gasteiger partial charge is 0.378 e. The summed E-state index contributed by atoms with van der Waals surface area (Å²) < 4.78 is 21.7. The number of hydrogen-bond donors (Lipinski definition) is 0. The molecular weight excluding hydrogens is 296 g/mol. The Morgan fingerprint density at radius 2 is 1.55 bits per heavy atom. The zero-order valence-electron chi connectivity index (χ0n) is 12.3. The molecule has 0 aromatic carbocycles. The van der Waals surface area contributed by atoms with Gasteiger partial charge in [-0.2, -0.15) is 23.5 Å². The van der Waals surface area contributed by atoms with Crippen LogP contribution in [-0.2, 0) is 18.9 Å². The van der Waals surface area contributed by atoms with Crippen molar-refractivity contribution < 1.29 is 18.9 Å². The number of ether oxygens (including phenoxy) is 4. The van der Waals surface area contributed by atoms with Crippen LogP contribution in [0.5, 0.6) is 0 Å². The summed E-state index contributed by atoms with van der Waals surface area (Å²) in [6.07, 6.45) is 0.704. The van der Waals surface area contributed by atoms with Gasteiger partial charge in [-0.15, -0.1) is 0 Å². The minimum atomic E-state index is 0.352. The summed E-state index contributed by atoms with van der Waals surface area (Å²) in [5.74, 6) is 5.25. The fourth-order valence-electron chi connectivity index (χ4n) is 1.72. The molecule has 2 unspecified atom stereocenters. The first-order chi connectivity index (χ1) is 9.88. The molecule has 20 heavy (non-hydrogen) atoms. The lowest BCUT2D eigenvalue weighted by Crippen LogP contribution is -2.21. The molecule has 2 atom stereocenters. The average Bonchev–Trinajstić information content (AvgIpc) is 3.32. The van der Waals surface area contributed by atoms with Gasteiger partial charge < -0.3 is 18.9 Å². The Morgan fingerprint density at radius 3 is 2.05 bits per heavy atom. The van der Waals surface area contributed by atoms with Gasteiger partial charge in [0.1, 0.15) is 12.2 Å². The monoisotopic (exact) mass is 322 g/mol. The van der Waals surface area contributed by atoms with Crippen LogP contribution in [0.3, 0.4) is 0 Å². The van der Waals surface area contributed by atoms with Crippen molar-refractivity contribution in [1.82, 2.24) is 0 Å². The second kappa shape index (κ2) is 10.3. The van der Waals surface area contributed by atoms with E-state index < -0.39 is 0 Å². The average molecular weight is 322 g/mol. The van der Waals surface area contributed by atoms with Crippen LogP contribution in [0, 0.1) is 5.92 Å². The second-order valence-corrected chi connectivity index (χ2v) is 7.67. The molecule has 0 spiro atoms. The van der Waals surface area contributed by atoms with E-state index >= 15 is 0 Å². The Labute approximate surface area is 130 Å². The molecule has 0 saturated carbocycles. The minimum absolute atomic E-state index is 0.352. The van der Waals surface area contributed by atoms with E-state index in [0.717, 1.165) is 45.4 Å². The van der Waals surface area contributed by atoms with Gasteiger partial charge in [0.25, 0.3) is 0 Å². The fraction of sp³-hybridized carbons (Fsp3) is 1.00. The van der Waals surface area contributed by atoms with Crippen molar-refractivity contribution in [3.63, 3.8) is 0 Å². The summed E-state index contributed by atoms with van der Waals surface area (Å²) in [6, 6.07) is 0. The van der Waals surface area contributed by atoms with E-state index in [1.54, 1.807) is 0 Å². The smallest absolute Gasteiger partial charge is 0.104 e. The van der Waals surface area contributed by atoms with E-state index in [1.807, 2.05) is 23.5 Å². The minimum Gasteiger partial charge on any atom is -0.378 e. The van der Waals surface area contributed by atoms with Crippen LogP contribution in [0.2, 0.25) is 0 Å². The first kappa shape index (κ1) is 16.9. The van der Waals surface area contributed by atoms with Crippen molar-refractivity contribution in [1.29, 1.82) is 0 Å². The van der Waals surface area contributed by atoms with Gasteiger partial charge in [-0.05, 0) is 5.75 Å². The summed E-state index contributed by atoms with van der Waals surface area (Å²) in [6.45, 7) is 6.96. The van der Waals surface area contributed by atoms with Gasteiger partial charge in [0, 0.05) is 23.2 Å². The SMILES string of the molecule is CCSCCSCC(COCC1CO1)COCC1CO1. The summed E-state index contributed by atoms with van der Waals surface area (Å²) in [7, 11) is 0. The van der Waals surface area contributed by atoms with Gasteiger partial charge in [0.15, 0.2) is 0 Å². The standard InChI is InChI=1S/C14H26O4S2/c1-2-19-3-4-20-11-12(5-15-7-13-9-17-13)6-16-8-14-10-18-14/h12-14H,2-11H2,1H3. The Bertz CT molecular complexity index is 229. The highest BCUT2D eigenvalue weighted by Crippen LogP contribution is 2.16. The Hall–Kier alpha value is 0.540. The first-order valence-corrected chi connectivity index (χ1v) is 9.73. The lowest BCUT2D eigenvalue weighted by molar-refractivity contribution is 0.0375. The lowest BCUT2D eigenvalue weighted by atomic mass is 10.2. The second-order valence-electron chi connectivity index (χ2n) is 5.12. The first-order valence-electron chi connectivity index (χ1n) is 7.42. The molecule has 2 aliphatic rings. The van der Waals surface area contributed by atoms with E-state index in [1.165, 1.54) is 17.3 Å². The Kier molecular flexibility index (Phi) is 8.70. The molecule has 2 rings (SSSR count). The van der Waals surface area contributed by atoms with Gasteiger partial charge in [-0.25, -0.2) is 0 Å². The van der Waals surface area contributed by atoms with Crippen LogP contribution >= 0.6 is 23.5 Å². The third-order valence-electron chi connectivity index (χ3n) is 3.05. The molecule has 0 amide bonds. The number of rotatable bonds is 14. The molecule has 2 saturated heterocycles. The van der Waals surface area contributed by atoms with Crippen molar-refractivity contribution >= 4 is 23.5 Å². The molecule has 4 nitrogen and oxygen atoms in total. The molecule has 0 aliphatic carbocycles. The zero-order valence-corrected chi connectivity index (χ0v) is 13.9. The van der Waals surface area contributed by atoms with Crippen LogP contribution in [-0.4, -0.2) is 74.9 Å². The quantitative estimate of drug-likeness (QED) is 0.360. The fourth-order valence-corrected chi connectivity index (χ4v) is 3.64. The molecule has 2 fully saturated rings. The van der Waals surface area contributed by atoms with E-state index in [0.29, 0.717) is 18.1 Å². The topological polar surface area (TPSA) is 43.5 Å².